The highest BCUT2D eigenvalue weighted by Crippen LogP contribution is 2.22. The van der Waals surface area contributed by atoms with E-state index in [0.717, 1.165) is 10.0 Å². The van der Waals surface area contributed by atoms with Gasteiger partial charge in [-0.1, -0.05) is 27.1 Å². The highest BCUT2D eigenvalue weighted by atomic mass is 79.9. The summed E-state index contributed by atoms with van der Waals surface area (Å²) in [5.41, 5.74) is 0.682. The van der Waals surface area contributed by atoms with Crippen LogP contribution in [-0.2, 0) is 0 Å². The number of allylic oxidation sites excluding steroid dienone is 1. The molecule has 7 heteroatoms. The Bertz CT molecular complexity index is 691. The molecule has 0 aliphatic carbocycles. The number of hydrogen-bond acceptors (Lipinski definition) is 6. The van der Waals surface area contributed by atoms with E-state index in [9.17, 15) is 0 Å². The van der Waals surface area contributed by atoms with Gasteiger partial charge in [-0.2, -0.15) is 10.5 Å². The Morgan fingerprint density at radius 1 is 1.32 bits per heavy atom. The Kier molecular flexibility index (Phi) is 3.91. The molecular formula is C12H6BrN5O. The second-order valence-electron chi connectivity index (χ2n) is 3.35. The van der Waals surface area contributed by atoms with Crippen molar-refractivity contribution in [3.8, 4) is 23.6 Å². The normalized spacial score (nSPS) is 9.21. The van der Waals surface area contributed by atoms with Gasteiger partial charge in [0.2, 0.25) is 5.89 Å². The van der Waals surface area contributed by atoms with E-state index in [1.807, 2.05) is 24.3 Å². The van der Waals surface area contributed by atoms with Gasteiger partial charge in [0.15, 0.2) is 0 Å². The summed E-state index contributed by atoms with van der Waals surface area (Å²) in [5, 5.41) is 27.3. The van der Waals surface area contributed by atoms with Crippen LogP contribution in [0.15, 0.2) is 44.9 Å². The first-order valence-corrected chi connectivity index (χ1v) is 5.88. The SMILES string of the molecule is N#CC(C#N)=CNc1nnc(-c2cccc(Br)c2)o1. The van der Waals surface area contributed by atoms with Gasteiger partial charge in [-0.25, -0.2) is 0 Å². The van der Waals surface area contributed by atoms with Crippen molar-refractivity contribution in [2.45, 2.75) is 0 Å². The molecule has 0 saturated heterocycles. The van der Waals surface area contributed by atoms with Crippen molar-refractivity contribution in [3.05, 3.63) is 40.5 Å². The molecule has 0 unspecified atom stereocenters. The predicted octanol–water partition coefficient (Wildman–Crippen LogP) is 2.84. The van der Waals surface area contributed by atoms with Crippen molar-refractivity contribution in [3.63, 3.8) is 0 Å². The molecule has 2 aromatic rings. The highest BCUT2D eigenvalue weighted by molar-refractivity contribution is 9.10. The van der Waals surface area contributed by atoms with E-state index in [1.54, 1.807) is 12.1 Å². The lowest BCUT2D eigenvalue weighted by atomic mass is 10.2. The molecule has 1 aromatic heterocycles. The summed E-state index contributed by atoms with van der Waals surface area (Å²) < 4.78 is 6.24. The van der Waals surface area contributed by atoms with Crippen LogP contribution in [0.1, 0.15) is 0 Å². The molecule has 1 N–H and O–H groups in total. The summed E-state index contributed by atoms with van der Waals surface area (Å²) in [4.78, 5) is 0. The Morgan fingerprint density at radius 3 is 2.79 bits per heavy atom. The summed E-state index contributed by atoms with van der Waals surface area (Å²) in [6, 6.07) is 10.9. The molecule has 0 radical (unpaired) electrons. The number of anilines is 1. The van der Waals surface area contributed by atoms with Crippen LogP contribution in [0.3, 0.4) is 0 Å². The number of hydrogen-bond donors (Lipinski definition) is 1. The summed E-state index contributed by atoms with van der Waals surface area (Å²) in [7, 11) is 0. The van der Waals surface area contributed by atoms with Gasteiger partial charge in [0.05, 0.1) is 0 Å². The van der Waals surface area contributed by atoms with Crippen molar-refractivity contribution < 1.29 is 4.42 Å². The maximum absolute atomic E-state index is 8.57. The monoisotopic (exact) mass is 315 g/mol. The lowest BCUT2D eigenvalue weighted by Crippen LogP contribution is -1.89. The van der Waals surface area contributed by atoms with Crippen molar-refractivity contribution in [1.82, 2.24) is 10.2 Å². The zero-order valence-electron chi connectivity index (χ0n) is 9.46. The van der Waals surface area contributed by atoms with Gasteiger partial charge in [-0.05, 0) is 18.2 Å². The van der Waals surface area contributed by atoms with Gasteiger partial charge >= 0.3 is 6.01 Å². The van der Waals surface area contributed by atoms with Crippen LogP contribution in [0, 0.1) is 22.7 Å². The lowest BCUT2D eigenvalue weighted by molar-refractivity contribution is 0.587. The molecule has 0 aliphatic rings. The number of rotatable bonds is 3. The van der Waals surface area contributed by atoms with Crippen LogP contribution in [0.5, 0.6) is 0 Å². The van der Waals surface area contributed by atoms with Crippen molar-refractivity contribution >= 4 is 21.9 Å². The molecule has 0 saturated carbocycles. The lowest BCUT2D eigenvalue weighted by Gasteiger charge is -1.95. The molecule has 0 atom stereocenters. The van der Waals surface area contributed by atoms with Gasteiger partial charge in [0.25, 0.3) is 0 Å². The Morgan fingerprint density at radius 2 is 2.11 bits per heavy atom. The second kappa shape index (κ2) is 5.80. The fourth-order valence-corrected chi connectivity index (χ4v) is 1.64. The number of nitriles is 2. The molecule has 0 fully saturated rings. The third-order valence-corrected chi connectivity index (χ3v) is 2.57. The first kappa shape index (κ1) is 12.8. The maximum atomic E-state index is 8.57. The van der Waals surface area contributed by atoms with Crippen molar-refractivity contribution in [2.75, 3.05) is 5.32 Å². The Labute approximate surface area is 117 Å². The Balaban J connectivity index is 2.19. The maximum Gasteiger partial charge on any atom is 0.319 e. The third-order valence-electron chi connectivity index (χ3n) is 2.08. The fraction of sp³-hybridized carbons (Fsp3) is 0. The highest BCUT2D eigenvalue weighted by Gasteiger charge is 2.07. The van der Waals surface area contributed by atoms with Gasteiger partial charge in [0, 0.05) is 16.2 Å². The summed E-state index contributed by atoms with van der Waals surface area (Å²) in [5.74, 6) is 0.340. The van der Waals surface area contributed by atoms with Crippen LogP contribution in [0.4, 0.5) is 6.01 Å². The molecule has 0 bridgehead atoms. The first-order chi connectivity index (χ1) is 9.22. The molecule has 2 rings (SSSR count). The zero-order chi connectivity index (χ0) is 13.7. The number of aromatic nitrogens is 2. The standard InChI is InChI=1S/C12H6BrN5O/c13-10-3-1-2-9(4-10)11-17-18-12(19-11)16-7-8(5-14)6-15/h1-4,7H,(H,16,18). The molecule has 6 nitrogen and oxygen atoms in total. The number of halogens is 1. The smallest absolute Gasteiger partial charge is 0.319 e. The van der Waals surface area contributed by atoms with E-state index in [2.05, 4.69) is 31.4 Å². The first-order valence-electron chi connectivity index (χ1n) is 5.09. The molecule has 0 spiro atoms. The van der Waals surface area contributed by atoms with Gasteiger partial charge in [0.1, 0.15) is 17.7 Å². The summed E-state index contributed by atoms with van der Waals surface area (Å²) in [6.07, 6.45) is 1.21. The largest absolute Gasteiger partial charge is 0.403 e. The minimum atomic E-state index is -0.0813. The van der Waals surface area contributed by atoms with Crippen LogP contribution in [0.2, 0.25) is 0 Å². The average molecular weight is 316 g/mol. The van der Waals surface area contributed by atoms with Crippen LogP contribution in [0.25, 0.3) is 11.5 Å². The zero-order valence-corrected chi connectivity index (χ0v) is 11.0. The summed E-state index contributed by atoms with van der Waals surface area (Å²) >= 11 is 3.35. The minimum Gasteiger partial charge on any atom is -0.403 e. The Hall–Kier alpha value is -2.64. The van der Waals surface area contributed by atoms with E-state index in [0.29, 0.717) is 5.89 Å². The topological polar surface area (TPSA) is 98.5 Å². The van der Waals surface area contributed by atoms with Crippen LogP contribution < -0.4 is 5.32 Å². The van der Waals surface area contributed by atoms with E-state index < -0.39 is 0 Å². The number of nitrogens with one attached hydrogen (secondary N) is 1. The predicted molar refractivity (Wildman–Crippen MR) is 70.4 cm³/mol. The van der Waals surface area contributed by atoms with E-state index >= 15 is 0 Å². The molecular weight excluding hydrogens is 310 g/mol. The number of benzene rings is 1. The van der Waals surface area contributed by atoms with E-state index in [4.69, 9.17) is 14.9 Å². The van der Waals surface area contributed by atoms with E-state index in [-0.39, 0.29) is 11.6 Å². The van der Waals surface area contributed by atoms with Gasteiger partial charge in [-0.3, -0.25) is 0 Å². The van der Waals surface area contributed by atoms with Gasteiger partial charge < -0.3 is 9.73 Å². The number of nitrogens with zero attached hydrogens (tertiary/aromatic N) is 4. The van der Waals surface area contributed by atoms with E-state index in [1.165, 1.54) is 6.20 Å². The minimum absolute atomic E-state index is 0.0813. The quantitative estimate of drug-likeness (QED) is 0.874. The summed E-state index contributed by atoms with van der Waals surface area (Å²) in [6.45, 7) is 0. The van der Waals surface area contributed by atoms with Crippen LogP contribution in [-0.4, -0.2) is 10.2 Å². The molecule has 1 aromatic carbocycles. The molecule has 0 aliphatic heterocycles. The van der Waals surface area contributed by atoms with Crippen molar-refractivity contribution in [2.24, 2.45) is 0 Å². The average Bonchev–Trinajstić information content (AvgIpc) is 2.89. The molecule has 92 valence electrons. The third kappa shape index (κ3) is 3.18. The van der Waals surface area contributed by atoms with Crippen molar-refractivity contribution in [1.29, 1.82) is 10.5 Å². The second-order valence-corrected chi connectivity index (χ2v) is 4.26. The molecule has 1 heterocycles. The molecule has 19 heavy (non-hydrogen) atoms. The fourth-order valence-electron chi connectivity index (χ4n) is 1.24. The van der Waals surface area contributed by atoms with Crippen LogP contribution >= 0.6 is 15.9 Å². The molecule has 0 amide bonds. The van der Waals surface area contributed by atoms with Gasteiger partial charge in [-0.15, -0.1) is 5.10 Å².